The van der Waals surface area contributed by atoms with Crippen LogP contribution in [0.3, 0.4) is 0 Å². The first-order valence-electron chi connectivity index (χ1n) is 13.4. The van der Waals surface area contributed by atoms with Crippen LogP contribution in [0.4, 0.5) is 5.69 Å². The number of nitrogens with zero attached hydrogens (tertiary/aromatic N) is 2. The summed E-state index contributed by atoms with van der Waals surface area (Å²) in [5, 5.41) is 4.28. The highest BCUT2D eigenvalue weighted by atomic mass is 35.5. The van der Waals surface area contributed by atoms with Gasteiger partial charge in [-0.1, -0.05) is 89.7 Å². The highest BCUT2D eigenvalue weighted by Crippen LogP contribution is 2.31. The van der Waals surface area contributed by atoms with E-state index < -0.39 is 16.1 Å². The summed E-state index contributed by atoms with van der Waals surface area (Å²) in [6, 6.07) is 18.1. The zero-order valence-corrected chi connectivity index (χ0v) is 27.2. The molecule has 0 spiro atoms. The molecule has 3 rings (SSSR count). The third-order valence-corrected chi connectivity index (χ3v) is 8.83. The van der Waals surface area contributed by atoms with Crippen molar-refractivity contribution in [3.63, 3.8) is 0 Å². The SMILES string of the molecule is CCCNC(=O)[C@H](Cc1ccccc1)N(Cc1ccc(Cl)cc1Cl)C(=O)CCCN(c1cc(Cl)ccc1Cl)S(C)(=O)=O. The molecule has 0 fully saturated rings. The number of carbonyl (C=O) groups is 2. The van der Waals surface area contributed by atoms with Gasteiger partial charge in [-0.3, -0.25) is 13.9 Å². The standard InChI is InChI=1S/C30H33Cl4N3O4S/c1-3-15-35-30(39)28(17-21-8-5-4-6-9-21)36(20-22-11-12-23(31)18-26(22)34)29(38)10-7-16-37(42(2,40)41)27-19-24(32)13-14-25(27)33/h4-6,8-9,11-14,18-19,28H,3,7,10,15-17,20H2,1-2H3,(H,35,39)/t28-/m0/s1. The molecular formula is C30H33Cl4N3O4S. The van der Waals surface area contributed by atoms with Crippen LogP contribution < -0.4 is 9.62 Å². The zero-order chi connectivity index (χ0) is 30.9. The third kappa shape index (κ3) is 9.78. The van der Waals surface area contributed by atoms with Gasteiger partial charge in [0.25, 0.3) is 0 Å². The predicted octanol–water partition coefficient (Wildman–Crippen LogP) is 7.01. The summed E-state index contributed by atoms with van der Waals surface area (Å²) < 4.78 is 26.5. The fraction of sp³-hybridized carbons (Fsp3) is 0.333. The Hall–Kier alpha value is -2.49. The first kappa shape index (κ1) is 34.0. The lowest BCUT2D eigenvalue weighted by molar-refractivity contribution is -0.141. The minimum atomic E-state index is -3.74. The minimum absolute atomic E-state index is 0.0223. The molecule has 0 saturated carbocycles. The normalized spacial score (nSPS) is 12.0. The highest BCUT2D eigenvalue weighted by Gasteiger charge is 2.31. The topological polar surface area (TPSA) is 86.8 Å². The lowest BCUT2D eigenvalue weighted by Gasteiger charge is -2.32. The van der Waals surface area contributed by atoms with Gasteiger partial charge >= 0.3 is 0 Å². The maximum Gasteiger partial charge on any atom is 0.243 e. The van der Waals surface area contributed by atoms with Crippen molar-refractivity contribution in [2.45, 2.75) is 45.2 Å². The Morgan fingerprint density at radius 3 is 2.21 bits per heavy atom. The fourth-order valence-corrected chi connectivity index (χ4v) is 6.29. The average molecular weight is 673 g/mol. The van der Waals surface area contributed by atoms with Crippen molar-refractivity contribution in [1.82, 2.24) is 10.2 Å². The third-order valence-electron chi connectivity index (χ3n) is 6.51. The van der Waals surface area contributed by atoms with E-state index in [1.807, 2.05) is 37.3 Å². The highest BCUT2D eigenvalue weighted by molar-refractivity contribution is 7.92. The number of rotatable bonds is 14. The average Bonchev–Trinajstić information content (AvgIpc) is 2.94. The van der Waals surface area contributed by atoms with Gasteiger partial charge in [-0.2, -0.15) is 0 Å². The second-order valence-electron chi connectivity index (χ2n) is 9.79. The molecule has 0 aliphatic heterocycles. The van der Waals surface area contributed by atoms with Gasteiger partial charge in [0.1, 0.15) is 6.04 Å². The predicted molar refractivity (Wildman–Crippen MR) is 172 cm³/mol. The van der Waals surface area contributed by atoms with E-state index in [0.29, 0.717) is 27.2 Å². The molecule has 0 heterocycles. The summed E-state index contributed by atoms with van der Waals surface area (Å²) in [6.07, 6.45) is 2.19. The second-order valence-corrected chi connectivity index (χ2v) is 13.4. The van der Waals surface area contributed by atoms with Crippen molar-refractivity contribution in [2.75, 3.05) is 23.7 Å². The van der Waals surface area contributed by atoms with Gasteiger partial charge in [-0.05, 0) is 54.3 Å². The van der Waals surface area contributed by atoms with Crippen LogP contribution in [0.15, 0.2) is 66.7 Å². The zero-order valence-electron chi connectivity index (χ0n) is 23.3. The van der Waals surface area contributed by atoms with Crippen LogP contribution in [0.1, 0.15) is 37.3 Å². The molecule has 0 aliphatic rings. The molecule has 0 bridgehead atoms. The first-order chi connectivity index (χ1) is 19.9. The molecular weight excluding hydrogens is 640 g/mol. The van der Waals surface area contributed by atoms with Crippen LogP contribution in [-0.4, -0.2) is 50.5 Å². The number of anilines is 1. The molecule has 0 saturated heterocycles. The Balaban J connectivity index is 1.92. The van der Waals surface area contributed by atoms with E-state index in [-0.39, 0.29) is 54.9 Å². The Kier molecular flexibility index (Phi) is 12.8. The summed E-state index contributed by atoms with van der Waals surface area (Å²) in [6.45, 7) is 2.44. The second kappa shape index (κ2) is 15.8. The minimum Gasteiger partial charge on any atom is -0.354 e. The van der Waals surface area contributed by atoms with Crippen molar-refractivity contribution in [1.29, 1.82) is 0 Å². The number of hydrogen-bond donors (Lipinski definition) is 1. The van der Waals surface area contributed by atoms with E-state index in [9.17, 15) is 18.0 Å². The van der Waals surface area contributed by atoms with Gasteiger partial charge in [-0.25, -0.2) is 8.42 Å². The summed E-state index contributed by atoms with van der Waals surface area (Å²) in [5.74, 6) is -0.623. The Morgan fingerprint density at radius 2 is 1.57 bits per heavy atom. The number of benzene rings is 3. The summed E-state index contributed by atoms with van der Waals surface area (Å²) >= 11 is 25.0. The van der Waals surface area contributed by atoms with Crippen LogP contribution in [-0.2, 0) is 32.6 Å². The van der Waals surface area contributed by atoms with Crippen molar-refractivity contribution in [3.05, 3.63) is 97.9 Å². The van der Waals surface area contributed by atoms with E-state index in [1.165, 1.54) is 17.0 Å². The van der Waals surface area contributed by atoms with Crippen LogP contribution in [0, 0.1) is 0 Å². The van der Waals surface area contributed by atoms with E-state index in [4.69, 9.17) is 46.4 Å². The molecule has 1 N–H and O–H groups in total. The molecule has 0 radical (unpaired) electrons. The molecule has 1 atom stereocenters. The molecule has 42 heavy (non-hydrogen) atoms. The number of hydrogen-bond acceptors (Lipinski definition) is 4. The van der Waals surface area contributed by atoms with Crippen LogP contribution in [0.2, 0.25) is 20.1 Å². The van der Waals surface area contributed by atoms with Gasteiger partial charge in [0.2, 0.25) is 21.8 Å². The number of sulfonamides is 1. The molecule has 0 aromatic heterocycles. The molecule has 7 nitrogen and oxygen atoms in total. The molecule has 226 valence electrons. The largest absolute Gasteiger partial charge is 0.354 e. The fourth-order valence-electron chi connectivity index (χ4n) is 4.41. The lowest BCUT2D eigenvalue weighted by atomic mass is 10.0. The van der Waals surface area contributed by atoms with Crippen molar-refractivity contribution >= 4 is 73.9 Å². The van der Waals surface area contributed by atoms with Gasteiger partial charge in [0.05, 0.1) is 17.0 Å². The molecule has 12 heteroatoms. The molecule has 2 amide bonds. The van der Waals surface area contributed by atoms with E-state index in [1.54, 1.807) is 24.3 Å². The van der Waals surface area contributed by atoms with Crippen molar-refractivity contribution in [2.24, 2.45) is 0 Å². The van der Waals surface area contributed by atoms with E-state index in [2.05, 4.69) is 5.32 Å². The van der Waals surface area contributed by atoms with Crippen molar-refractivity contribution in [3.8, 4) is 0 Å². The monoisotopic (exact) mass is 671 g/mol. The van der Waals surface area contributed by atoms with Crippen LogP contribution in [0.5, 0.6) is 0 Å². The first-order valence-corrected chi connectivity index (χ1v) is 16.7. The summed E-state index contributed by atoms with van der Waals surface area (Å²) in [5.41, 5.74) is 1.73. The maximum atomic E-state index is 13.9. The number of amides is 2. The van der Waals surface area contributed by atoms with E-state index >= 15 is 0 Å². The van der Waals surface area contributed by atoms with Crippen molar-refractivity contribution < 1.29 is 18.0 Å². The number of halogens is 4. The summed E-state index contributed by atoms with van der Waals surface area (Å²) in [7, 11) is -3.74. The number of nitrogens with one attached hydrogen (secondary N) is 1. The Labute approximate surface area is 267 Å². The van der Waals surface area contributed by atoms with E-state index in [0.717, 1.165) is 22.5 Å². The molecule has 0 aliphatic carbocycles. The Morgan fingerprint density at radius 1 is 0.905 bits per heavy atom. The molecule has 3 aromatic rings. The molecule has 0 unspecified atom stereocenters. The van der Waals surface area contributed by atoms with Gasteiger partial charge in [-0.15, -0.1) is 0 Å². The van der Waals surface area contributed by atoms with Crippen LogP contribution >= 0.6 is 46.4 Å². The lowest BCUT2D eigenvalue weighted by Crippen LogP contribution is -2.50. The smallest absolute Gasteiger partial charge is 0.243 e. The Bertz CT molecular complexity index is 1490. The summed E-state index contributed by atoms with van der Waals surface area (Å²) in [4.78, 5) is 28.9. The maximum absolute atomic E-state index is 13.9. The van der Waals surface area contributed by atoms with Gasteiger partial charge < -0.3 is 10.2 Å². The van der Waals surface area contributed by atoms with Gasteiger partial charge in [0.15, 0.2) is 0 Å². The van der Waals surface area contributed by atoms with Crippen LogP contribution in [0.25, 0.3) is 0 Å². The molecule has 3 aromatic carbocycles. The van der Waals surface area contributed by atoms with Gasteiger partial charge in [0, 0.05) is 47.5 Å². The quantitative estimate of drug-likeness (QED) is 0.200. The number of carbonyl (C=O) groups excluding carboxylic acids is 2.